The smallest absolute Gasteiger partial charge is 0.330 e. The highest BCUT2D eigenvalue weighted by Crippen LogP contribution is 2.28. The lowest BCUT2D eigenvalue weighted by atomic mass is 9.98. The molecule has 0 unspecified atom stereocenters. The average Bonchev–Trinajstić information content (AvgIpc) is 2.39. The number of halogens is 1. The maximum absolute atomic E-state index is 11.9. The van der Waals surface area contributed by atoms with E-state index in [1.165, 1.54) is 11.3 Å². The SMILES string of the molecule is Cc1ccc(N2CCN(OC(=O)C(C)(C)C)CC2)c(Br)c1. The van der Waals surface area contributed by atoms with E-state index in [2.05, 4.69) is 46.0 Å². The minimum Gasteiger partial charge on any atom is -0.368 e. The van der Waals surface area contributed by atoms with Crippen LogP contribution >= 0.6 is 15.9 Å². The highest BCUT2D eigenvalue weighted by atomic mass is 79.9. The van der Waals surface area contributed by atoms with E-state index in [-0.39, 0.29) is 5.97 Å². The van der Waals surface area contributed by atoms with Crippen LogP contribution in [0.5, 0.6) is 0 Å². The van der Waals surface area contributed by atoms with Crippen LogP contribution in [0.1, 0.15) is 26.3 Å². The second-order valence-corrected chi connectivity index (χ2v) is 7.35. The summed E-state index contributed by atoms with van der Waals surface area (Å²) in [6.07, 6.45) is 0. The molecule has 1 aromatic rings. The van der Waals surface area contributed by atoms with Crippen molar-refractivity contribution in [2.24, 2.45) is 5.41 Å². The molecule has 116 valence electrons. The lowest BCUT2D eigenvalue weighted by molar-refractivity contribution is -0.201. The van der Waals surface area contributed by atoms with Gasteiger partial charge in [0.1, 0.15) is 0 Å². The lowest BCUT2D eigenvalue weighted by Crippen LogP contribution is -2.48. The van der Waals surface area contributed by atoms with Gasteiger partial charge in [-0.05, 0) is 61.3 Å². The first kappa shape index (κ1) is 16.3. The molecule has 1 aliphatic heterocycles. The normalized spacial score (nSPS) is 16.9. The summed E-state index contributed by atoms with van der Waals surface area (Å²) in [7, 11) is 0. The lowest BCUT2D eigenvalue weighted by Gasteiger charge is -2.36. The quantitative estimate of drug-likeness (QED) is 0.814. The van der Waals surface area contributed by atoms with Crippen molar-refractivity contribution < 1.29 is 9.63 Å². The van der Waals surface area contributed by atoms with Crippen LogP contribution in [0.2, 0.25) is 0 Å². The minimum atomic E-state index is -0.461. The van der Waals surface area contributed by atoms with Gasteiger partial charge in [-0.1, -0.05) is 6.07 Å². The van der Waals surface area contributed by atoms with E-state index in [0.717, 1.165) is 30.7 Å². The van der Waals surface area contributed by atoms with Gasteiger partial charge in [-0.25, -0.2) is 4.79 Å². The average molecular weight is 355 g/mol. The second-order valence-electron chi connectivity index (χ2n) is 6.50. The van der Waals surface area contributed by atoms with Gasteiger partial charge in [-0.3, -0.25) is 0 Å². The highest BCUT2D eigenvalue weighted by molar-refractivity contribution is 9.10. The Morgan fingerprint density at radius 1 is 1.19 bits per heavy atom. The van der Waals surface area contributed by atoms with Gasteiger partial charge in [0, 0.05) is 17.6 Å². The van der Waals surface area contributed by atoms with Crippen molar-refractivity contribution in [3.63, 3.8) is 0 Å². The predicted octanol–water partition coefficient (Wildman–Crippen LogP) is 3.38. The molecule has 1 heterocycles. The zero-order valence-electron chi connectivity index (χ0n) is 13.1. The fourth-order valence-electron chi connectivity index (χ4n) is 2.14. The monoisotopic (exact) mass is 354 g/mol. The fourth-order valence-corrected chi connectivity index (χ4v) is 2.89. The Labute approximate surface area is 135 Å². The number of anilines is 1. The van der Waals surface area contributed by atoms with Gasteiger partial charge in [0.15, 0.2) is 0 Å². The van der Waals surface area contributed by atoms with Crippen LogP contribution in [0, 0.1) is 12.3 Å². The molecule has 0 amide bonds. The molecule has 1 fully saturated rings. The van der Waals surface area contributed by atoms with Crippen molar-refractivity contribution in [1.29, 1.82) is 0 Å². The summed E-state index contributed by atoms with van der Waals surface area (Å²) in [6.45, 7) is 10.8. The molecular formula is C16H23BrN2O2. The molecule has 0 saturated carbocycles. The summed E-state index contributed by atoms with van der Waals surface area (Å²) in [5, 5.41) is 1.77. The Morgan fingerprint density at radius 3 is 2.33 bits per heavy atom. The van der Waals surface area contributed by atoms with Crippen LogP contribution in [-0.2, 0) is 9.63 Å². The number of benzene rings is 1. The zero-order valence-corrected chi connectivity index (χ0v) is 14.7. The summed E-state index contributed by atoms with van der Waals surface area (Å²) in [5.74, 6) is -0.174. The van der Waals surface area contributed by atoms with E-state index < -0.39 is 5.41 Å². The Morgan fingerprint density at radius 2 is 1.81 bits per heavy atom. The molecule has 21 heavy (non-hydrogen) atoms. The van der Waals surface area contributed by atoms with Gasteiger partial charge in [0.05, 0.1) is 24.2 Å². The van der Waals surface area contributed by atoms with E-state index in [9.17, 15) is 4.79 Å². The van der Waals surface area contributed by atoms with Crippen LogP contribution in [0.4, 0.5) is 5.69 Å². The van der Waals surface area contributed by atoms with E-state index in [4.69, 9.17) is 4.84 Å². The predicted molar refractivity (Wildman–Crippen MR) is 88.2 cm³/mol. The van der Waals surface area contributed by atoms with Crippen LogP contribution in [0.15, 0.2) is 22.7 Å². The molecule has 0 aromatic heterocycles. The van der Waals surface area contributed by atoms with Crippen molar-refractivity contribution in [3.8, 4) is 0 Å². The summed E-state index contributed by atoms with van der Waals surface area (Å²) in [6, 6.07) is 6.38. The first-order chi connectivity index (χ1) is 9.77. The Kier molecular flexibility index (Phi) is 4.94. The first-order valence-electron chi connectivity index (χ1n) is 7.26. The van der Waals surface area contributed by atoms with Gasteiger partial charge in [0.2, 0.25) is 0 Å². The van der Waals surface area contributed by atoms with E-state index >= 15 is 0 Å². The van der Waals surface area contributed by atoms with Crippen molar-refractivity contribution >= 4 is 27.6 Å². The third-order valence-corrected chi connectivity index (χ3v) is 4.14. The number of hydrogen-bond donors (Lipinski definition) is 0. The number of piperazine rings is 1. The molecule has 1 saturated heterocycles. The van der Waals surface area contributed by atoms with E-state index in [1.807, 2.05) is 20.8 Å². The topological polar surface area (TPSA) is 32.8 Å². The van der Waals surface area contributed by atoms with E-state index in [1.54, 1.807) is 5.06 Å². The number of carbonyl (C=O) groups is 1. The number of aryl methyl sites for hydroxylation is 1. The van der Waals surface area contributed by atoms with Gasteiger partial charge < -0.3 is 9.74 Å². The summed E-state index contributed by atoms with van der Waals surface area (Å²) in [4.78, 5) is 19.6. The summed E-state index contributed by atoms with van der Waals surface area (Å²) >= 11 is 3.62. The van der Waals surface area contributed by atoms with Crippen molar-refractivity contribution in [2.45, 2.75) is 27.7 Å². The van der Waals surface area contributed by atoms with Gasteiger partial charge in [-0.2, -0.15) is 0 Å². The van der Waals surface area contributed by atoms with Crippen molar-refractivity contribution in [3.05, 3.63) is 28.2 Å². The van der Waals surface area contributed by atoms with E-state index in [0.29, 0.717) is 0 Å². The second kappa shape index (κ2) is 6.36. The maximum atomic E-state index is 11.9. The van der Waals surface area contributed by atoms with Crippen LogP contribution in [0.3, 0.4) is 0 Å². The molecule has 4 nitrogen and oxygen atoms in total. The standard InChI is InChI=1S/C16H23BrN2O2/c1-12-5-6-14(13(17)11-12)18-7-9-19(10-8-18)21-15(20)16(2,3)4/h5-6,11H,7-10H2,1-4H3. The first-order valence-corrected chi connectivity index (χ1v) is 8.05. The Bertz CT molecular complexity index is 517. The zero-order chi connectivity index (χ0) is 15.6. The molecule has 0 atom stereocenters. The number of carbonyl (C=O) groups excluding carboxylic acids is 1. The molecule has 5 heteroatoms. The highest BCUT2D eigenvalue weighted by Gasteiger charge is 2.28. The number of nitrogens with zero attached hydrogens (tertiary/aromatic N) is 2. The third-order valence-electron chi connectivity index (χ3n) is 3.51. The van der Waals surface area contributed by atoms with Crippen LogP contribution in [-0.4, -0.2) is 37.2 Å². The number of hydrogen-bond acceptors (Lipinski definition) is 4. The van der Waals surface area contributed by atoms with Crippen molar-refractivity contribution in [1.82, 2.24) is 5.06 Å². The van der Waals surface area contributed by atoms with Gasteiger partial charge in [-0.15, -0.1) is 5.06 Å². The minimum absolute atomic E-state index is 0.174. The third kappa shape index (κ3) is 4.20. The Balaban J connectivity index is 1.93. The van der Waals surface area contributed by atoms with Gasteiger partial charge >= 0.3 is 5.97 Å². The van der Waals surface area contributed by atoms with Crippen LogP contribution in [0.25, 0.3) is 0 Å². The number of hydroxylamine groups is 2. The Hall–Kier alpha value is -1.07. The largest absolute Gasteiger partial charge is 0.368 e. The molecule has 1 aromatic carbocycles. The molecule has 0 aliphatic carbocycles. The van der Waals surface area contributed by atoms with Crippen LogP contribution < -0.4 is 4.90 Å². The fraction of sp³-hybridized carbons (Fsp3) is 0.562. The summed E-state index contributed by atoms with van der Waals surface area (Å²) in [5.41, 5.74) is 1.97. The molecule has 1 aliphatic rings. The maximum Gasteiger partial charge on any atom is 0.330 e. The van der Waals surface area contributed by atoms with Gasteiger partial charge in [0.25, 0.3) is 0 Å². The number of rotatable bonds is 2. The molecule has 0 N–H and O–H groups in total. The molecule has 2 rings (SSSR count). The molecular weight excluding hydrogens is 332 g/mol. The molecule has 0 spiro atoms. The molecule has 0 radical (unpaired) electrons. The van der Waals surface area contributed by atoms with Crippen molar-refractivity contribution in [2.75, 3.05) is 31.1 Å². The molecule has 0 bridgehead atoms. The summed E-state index contributed by atoms with van der Waals surface area (Å²) < 4.78 is 1.11.